The molecule has 12 heavy (non-hydrogen) atoms. The smallest absolute Gasteiger partial charge is 0.417 e. The quantitative estimate of drug-likeness (QED) is 0.393. The van der Waals surface area contributed by atoms with Gasteiger partial charge in [-0.25, -0.2) is 4.79 Å². The summed E-state index contributed by atoms with van der Waals surface area (Å²) in [6.45, 7) is 3.44. The summed E-state index contributed by atoms with van der Waals surface area (Å²) in [4.78, 5) is 9.54. The Morgan fingerprint density at radius 2 is 1.58 bits per heavy atom. The van der Waals surface area contributed by atoms with Crippen molar-refractivity contribution in [3.05, 3.63) is 0 Å². The van der Waals surface area contributed by atoms with Crippen molar-refractivity contribution in [1.82, 2.24) is 0 Å². The summed E-state index contributed by atoms with van der Waals surface area (Å²) in [5.41, 5.74) is 0. The Hall–Kier alpha value is -0.320. The molecule has 71 valence electrons. The van der Waals surface area contributed by atoms with E-state index in [1.807, 2.05) is 0 Å². The molecule has 0 saturated heterocycles. The van der Waals surface area contributed by atoms with Gasteiger partial charge in [0.15, 0.2) is 0 Å². The van der Waals surface area contributed by atoms with E-state index in [2.05, 4.69) is 4.74 Å². The van der Waals surface area contributed by atoms with Gasteiger partial charge in [-0.05, 0) is 0 Å². The Balaban J connectivity index is 2.77. The Bertz CT molecular complexity index is 99.4. The lowest BCUT2D eigenvalue weighted by Gasteiger charge is -2.02. The van der Waals surface area contributed by atoms with Crippen molar-refractivity contribution < 1.29 is 19.0 Å². The van der Waals surface area contributed by atoms with Gasteiger partial charge in [0.25, 0.3) is 0 Å². The number of ether oxygens (including phenoxy) is 3. The van der Waals surface area contributed by atoms with Crippen LogP contribution in [0.5, 0.6) is 0 Å². The minimum Gasteiger partial charge on any atom is -0.455 e. The maximum absolute atomic E-state index is 9.54. The molecule has 0 fully saturated rings. The van der Waals surface area contributed by atoms with Gasteiger partial charge >= 0.3 is 6.47 Å². The van der Waals surface area contributed by atoms with Crippen LogP contribution in [0, 0.1) is 0 Å². The Kier molecular flexibility index (Phi) is 10.4. The molecule has 5 heteroatoms. The van der Waals surface area contributed by atoms with E-state index >= 15 is 0 Å². The van der Waals surface area contributed by atoms with Crippen molar-refractivity contribution in [2.24, 2.45) is 0 Å². The fourth-order valence-electron chi connectivity index (χ4n) is 0.519. The third-order valence-corrected chi connectivity index (χ3v) is 1.14. The number of halogens is 1. The summed E-state index contributed by atoms with van der Waals surface area (Å²) >= 11 is 5.35. The third-order valence-electron chi connectivity index (χ3n) is 0.982. The van der Waals surface area contributed by atoms with Gasteiger partial charge in [0.1, 0.15) is 6.61 Å². The zero-order chi connectivity index (χ0) is 9.07. The normalized spacial score (nSPS) is 9.75. The highest BCUT2D eigenvalue weighted by Crippen LogP contribution is 1.81. The molecule has 0 aromatic carbocycles. The first-order valence-corrected chi connectivity index (χ1v) is 4.15. The molecule has 0 saturated carbocycles. The molecule has 0 unspecified atom stereocenters. The molecule has 0 aliphatic rings. The van der Waals surface area contributed by atoms with E-state index in [4.69, 9.17) is 21.1 Å². The van der Waals surface area contributed by atoms with Crippen LogP contribution < -0.4 is 0 Å². The molecule has 0 aromatic rings. The van der Waals surface area contributed by atoms with Gasteiger partial charge in [-0.3, -0.25) is 0 Å². The van der Waals surface area contributed by atoms with Gasteiger partial charge in [0, 0.05) is 5.88 Å². The van der Waals surface area contributed by atoms with Gasteiger partial charge in [-0.15, -0.1) is 11.6 Å². The fourth-order valence-corrected chi connectivity index (χ4v) is 0.628. The van der Waals surface area contributed by atoms with Crippen LogP contribution in [0.25, 0.3) is 0 Å². The summed E-state index contributed by atoms with van der Waals surface area (Å²) in [7, 11) is 0. The second kappa shape index (κ2) is 10.7. The summed E-state index contributed by atoms with van der Waals surface area (Å²) in [6.07, 6.45) is 0. The molecule has 0 aliphatic heterocycles. The predicted molar refractivity (Wildman–Crippen MR) is 44.0 cm³/mol. The van der Waals surface area contributed by atoms with E-state index in [0.717, 1.165) is 0 Å². The zero-order valence-electron chi connectivity index (χ0n) is 6.75. The number of hydrogen-bond donors (Lipinski definition) is 0. The first-order valence-electron chi connectivity index (χ1n) is 3.62. The number of carbonyl (C=O) groups excluding carboxylic acids is 1. The second-order valence-electron chi connectivity index (χ2n) is 1.85. The van der Waals surface area contributed by atoms with Crippen molar-refractivity contribution in [1.29, 1.82) is 0 Å². The van der Waals surface area contributed by atoms with E-state index in [9.17, 15) is 4.79 Å². The Morgan fingerprint density at radius 1 is 1.00 bits per heavy atom. The van der Waals surface area contributed by atoms with E-state index < -0.39 is 0 Å². The van der Waals surface area contributed by atoms with Crippen LogP contribution in [0.2, 0.25) is 0 Å². The molecular formula is C7H12ClO4. The lowest BCUT2D eigenvalue weighted by atomic mass is 10.7. The maximum Gasteiger partial charge on any atom is 0.417 e. The van der Waals surface area contributed by atoms with Crippen molar-refractivity contribution >= 4 is 18.1 Å². The zero-order valence-corrected chi connectivity index (χ0v) is 7.51. The first-order chi connectivity index (χ1) is 5.91. The monoisotopic (exact) mass is 195 g/mol. The van der Waals surface area contributed by atoms with Crippen LogP contribution in [-0.2, 0) is 19.0 Å². The topological polar surface area (TPSA) is 44.8 Å². The third kappa shape index (κ3) is 9.68. The SMILES string of the molecule is O=[C]OCCOCCOCCCl. The van der Waals surface area contributed by atoms with Crippen molar-refractivity contribution in [2.75, 3.05) is 38.9 Å². The van der Waals surface area contributed by atoms with Crippen molar-refractivity contribution in [2.45, 2.75) is 0 Å². The fraction of sp³-hybridized carbons (Fsp3) is 0.857. The molecule has 0 N–H and O–H groups in total. The highest BCUT2D eigenvalue weighted by Gasteiger charge is 1.89. The largest absolute Gasteiger partial charge is 0.455 e. The van der Waals surface area contributed by atoms with Gasteiger partial charge in [0.2, 0.25) is 0 Å². The average molecular weight is 196 g/mol. The number of alkyl halides is 1. The molecule has 0 spiro atoms. The highest BCUT2D eigenvalue weighted by molar-refractivity contribution is 6.17. The highest BCUT2D eigenvalue weighted by atomic mass is 35.5. The van der Waals surface area contributed by atoms with E-state index in [0.29, 0.717) is 32.3 Å². The van der Waals surface area contributed by atoms with Gasteiger partial charge in [-0.2, -0.15) is 0 Å². The first kappa shape index (κ1) is 11.7. The summed E-state index contributed by atoms with van der Waals surface area (Å²) < 4.78 is 14.3. The van der Waals surface area contributed by atoms with E-state index in [-0.39, 0.29) is 6.61 Å². The van der Waals surface area contributed by atoms with Crippen molar-refractivity contribution in [3.63, 3.8) is 0 Å². The summed E-state index contributed by atoms with van der Waals surface area (Å²) in [6, 6.07) is 0. The lowest BCUT2D eigenvalue weighted by Crippen LogP contribution is -2.09. The van der Waals surface area contributed by atoms with Crippen LogP contribution in [0.4, 0.5) is 0 Å². The summed E-state index contributed by atoms with van der Waals surface area (Å²) in [5, 5.41) is 0. The Labute approximate surface area is 76.7 Å². The van der Waals surface area contributed by atoms with Crippen LogP contribution in [-0.4, -0.2) is 45.4 Å². The number of hydrogen-bond acceptors (Lipinski definition) is 4. The van der Waals surface area contributed by atoms with E-state index in [1.54, 1.807) is 0 Å². The van der Waals surface area contributed by atoms with Gasteiger partial charge in [-0.1, -0.05) is 0 Å². The number of rotatable bonds is 9. The molecule has 4 nitrogen and oxygen atoms in total. The molecule has 0 rings (SSSR count). The van der Waals surface area contributed by atoms with Gasteiger partial charge < -0.3 is 14.2 Å². The van der Waals surface area contributed by atoms with Crippen LogP contribution in [0.15, 0.2) is 0 Å². The van der Waals surface area contributed by atoms with Gasteiger partial charge in [0.05, 0.1) is 26.4 Å². The predicted octanol–water partition coefficient (Wildman–Crippen LogP) is 0.342. The van der Waals surface area contributed by atoms with Crippen LogP contribution >= 0.6 is 11.6 Å². The van der Waals surface area contributed by atoms with E-state index in [1.165, 1.54) is 6.47 Å². The minimum absolute atomic E-state index is 0.235. The molecule has 0 aliphatic carbocycles. The molecule has 1 radical (unpaired) electrons. The standard InChI is InChI=1S/C7H12ClO4/c8-1-2-10-3-4-11-5-6-12-7-9/h1-6H2. The molecule has 0 amide bonds. The molecule has 0 bridgehead atoms. The minimum atomic E-state index is 0.235. The van der Waals surface area contributed by atoms with Crippen LogP contribution in [0.1, 0.15) is 0 Å². The average Bonchev–Trinajstić information content (AvgIpc) is 2.10. The molecule has 0 heterocycles. The molecular weight excluding hydrogens is 184 g/mol. The lowest BCUT2D eigenvalue weighted by molar-refractivity contribution is 0.0390. The van der Waals surface area contributed by atoms with Crippen LogP contribution in [0.3, 0.4) is 0 Å². The maximum atomic E-state index is 9.54. The second-order valence-corrected chi connectivity index (χ2v) is 2.22. The summed E-state index contributed by atoms with van der Waals surface area (Å²) in [5.74, 6) is 0.489. The van der Waals surface area contributed by atoms with Crippen molar-refractivity contribution in [3.8, 4) is 0 Å². The Morgan fingerprint density at radius 3 is 2.17 bits per heavy atom. The molecule has 0 atom stereocenters. The molecule has 0 aromatic heterocycles.